The van der Waals surface area contributed by atoms with Gasteiger partial charge in [-0.1, -0.05) is 6.07 Å². The molecule has 1 atom stereocenters. The minimum Gasteiger partial charge on any atom is -0.335 e. The SMILES string of the molecule is NC(c1nc(-c2ccnc(Nc3c(F)cccc3F)c2)nc2cncc(C3CC3)c12)C1CCNCC1. The maximum atomic E-state index is 14.2. The van der Waals surface area contributed by atoms with Gasteiger partial charge in [0.1, 0.15) is 23.1 Å². The zero-order valence-corrected chi connectivity index (χ0v) is 19.7. The minimum absolute atomic E-state index is 0.233. The molecule has 2 fully saturated rings. The van der Waals surface area contributed by atoms with Gasteiger partial charge in [0.15, 0.2) is 5.82 Å². The van der Waals surface area contributed by atoms with Crippen molar-refractivity contribution in [2.24, 2.45) is 11.7 Å². The molecule has 0 radical (unpaired) electrons. The van der Waals surface area contributed by atoms with Gasteiger partial charge >= 0.3 is 0 Å². The summed E-state index contributed by atoms with van der Waals surface area (Å²) in [6.45, 7) is 1.88. The van der Waals surface area contributed by atoms with Crippen LogP contribution in [0, 0.1) is 17.6 Å². The number of nitrogens with two attached hydrogens (primary N) is 1. The molecule has 1 unspecified atom stereocenters. The van der Waals surface area contributed by atoms with Crippen molar-refractivity contribution in [2.45, 2.75) is 37.6 Å². The molecule has 1 saturated heterocycles. The zero-order chi connectivity index (χ0) is 24.6. The number of aromatic nitrogens is 4. The monoisotopic (exact) mass is 487 g/mol. The Bertz CT molecular complexity index is 1400. The fraction of sp³-hybridized carbons (Fsp3) is 0.333. The van der Waals surface area contributed by atoms with Gasteiger partial charge < -0.3 is 16.4 Å². The Morgan fingerprint density at radius 2 is 1.78 bits per heavy atom. The minimum atomic E-state index is -0.696. The quantitative estimate of drug-likeness (QED) is 0.352. The van der Waals surface area contributed by atoms with Crippen molar-refractivity contribution in [3.63, 3.8) is 0 Å². The van der Waals surface area contributed by atoms with Crippen molar-refractivity contribution >= 4 is 22.4 Å². The maximum Gasteiger partial charge on any atom is 0.160 e. The molecule has 4 aromatic rings. The van der Waals surface area contributed by atoms with E-state index in [1.807, 2.05) is 6.20 Å². The molecule has 4 N–H and O–H groups in total. The first-order chi connectivity index (χ1) is 17.6. The van der Waals surface area contributed by atoms with E-state index < -0.39 is 11.6 Å². The number of piperidine rings is 1. The van der Waals surface area contributed by atoms with Gasteiger partial charge in [-0.05, 0) is 80.4 Å². The lowest BCUT2D eigenvalue weighted by Crippen LogP contribution is -2.34. The fourth-order valence-electron chi connectivity index (χ4n) is 5.02. The topological polar surface area (TPSA) is 102 Å². The number of hydrogen-bond acceptors (Lipinski definition) is 7. The Hall–Kier alpha value is -3.56. The molecule has 6 rings (SSSR count). The van der Waals surface area contributed by atoms with E-state index in [9.17, 15) is 8.78 Å². The highest BCUT2D eigenvalue weighted by atomic mass is 19.1. The van der Waals surface area contributed by atoms with E-state index in [0.717, 1.165) is 55.4 Å². The van der Waals surface area contributed by atoms with E-state index in [4.69, 9.17) is 15.7 Å². The Morgan fingerprint density at radius 3 is 2.53 bits per heavy atom. The van der Waals surface area contributed by atoms with Gasteiger partial charge in [0, 0.05) is 23.3 Å². The van der Waals surface area contributed by atoms with E-state index >= 15 is 0 Å². The average Bonchev–Trinajstić information content (AvgIpc) is 3.76. The van der Waals surface area contributed by atoms with Crippen molar-refractivity contribution in [1.29, 1.82) is 0 Å². The summed E-state index contributed by atoms with van der Waals surface area (Å²) in [5.74, 6) is 0.166. The van der Waals surface area contributed by atoms with Crippen molar-refractivity contribution in [1.82, 2.24) is 25.3 Å². The summed E-state index contributed by atoms with van der Waals surface area (Å²) in [7, 11) is 0. The number of fused-ring (bicyclic) bond motifs is 1. The van der Waals surface area contributed by atoms with E-state index in [1.54, 1.807) is 24.5 Å². The molecule has 0 spiro atoms. The summed E-state index contributed by atoms with van der Waals surface area (Å²) in [5, 5.41) is 7.17. The van der Waals surface area contributed by atoms with Crippen LogP contribution in [0.2, 0.25) is 0 Å². The second-order valence-corrected chi connectivity index (χ2v) is 9.59. The number of pyridine rings is 2. The normalized spacial score (nSPS) is 17.3. The third kappa shape index (κ3) is 4.40. The van der Waals surface area contributed by atoms with Crippen LogP contribution in [0.5, 0.6) is 0 Å². The summed E-state index contributed by atoms with van der Waals surface area (Å²) in [5.41, 5.74) is 10.1. The van der Waals surface area contributed by atoms with Gasteiger partial charge in [0.2, 0.25) is 0 Å². The van der Waals surface area contributed by atoms with Gasteiger partial charge in [-0.2, -0.15) is 0 Å². The standard InChI is InChI=1S/C27H27F2N7/c28-19-2-1-3-20(29)25(19)35-22-12-17(8-11-33-22)27-34-21-14-32-13-18(15-4-5-15)23(21)26(36-27)24(30)16-6-9-31-10-7-16/h1-3,8,11-16,24,31H,4-7,9-10,30H2,(H,33,35). The Labute approximate surface area is 207 Å². The van der Waals surface area contributed by atoms with E-state index in [1.165, 1.54) is 23.8 Å². The van der Waals surface area contributed by atoms with Gasteiger partial charge in [-0.15, -0.1) is 0 Å². The van der Waals surface area contributed by atoms with Crippen LogP contribution in [0.15, 0.2) is 48.9 Å². The number of nitrogens with zero attached hydrogens (tertiary/aromatic N) is 4. The smallest absolute Gasteiger partial charge is 0.160 e. The van der Waals surface area contributed by atoms with E-state index in [-0.39, 0.29) is 17.5 Å². The number of rotatable bonds is 6. The molecular formula is C27H27F2N7. The highest BCUT2D eigenvalue weighted by molar-refractivity contribution is 5.86. The molecule has 4 heterocycles. The Kier molecular flexibility index (Phi) is 6.02. The third-order valence-electron chi connectivity index (χ3n) is 7.12. The molecule has 36 heavy (non-hydrogen) atoms. The first kappa shape index (κ1) is 22.9. The molecule has 1 aromatic carbocycles. The first-order valence-corrected chi connectivity index (χ1v) is 12.4. The summed E-state index contributed by atoms with van der Waals surface area (Å²) >= 11 is 0. The van der Waals surface area contributed by atoms with Crippen LogP contribution in [-0.4, -0.2) is 33.0 Å². The summed E-state index contributed by atoms with van der Waals surface area (Å²) in [6.07, 6.45) is 9.51. The number of hydrogen-bond donors (Lipinski definition) is 3. The molecule has 0 amide bonds. The van der Waals surface area contributed by atoms with Crippen LogP contribution in [0.25, 0.3) is 22.3 Å². The number of anilines is 2. The zero-order valence-electron chi connectivity index (χ0n) is 19.7. The molecule has 2 aliphatic rings. The highest BCUT2D eigenvalue weighted by Gasteiger charge is 2.31. The molecular weight excluding hydrogens is 460 g/mol. The largest absolute Gasteiger partial charge is 0.335 e. The lowest BCUT2D eigenvalue weighted by Gasteiger charge is -2.29. The molecule has 9 heteroatoms. The third-order valence-corrected chi connectivity index (χ3v) is 7.12. The molecule has 1 aliphatic carbocycles. The Balaban J connectivity index is 1.44. The molecule has 0 bridgehead atoms. The van der Waals surface area contributed by atoms with E-state index in [0.29, 0.717) is 23.2 Å². The summed E-state index contributed by atoms with van der Waals surface area (Å²) in [6, 6.07) is 6.94. The second-order valence-electron chi connectivity index (χ2n) is 9.59. The predicted octanol–water partition coefficient (Wildman–Crippen LogP) is 4.99. The van der Waals surface area contributed by atoms with Gasteiger partial charge in [0.05, 0.1) is 23.4 Å². The van der Waals surface area contributed by atoms with E-state index in [2.05, 4.69) is 20.6 Å². The van der Waals surface area contributed by atoms with Crippen molar-refractivity contribution in [3.8, 4) is 11.4 Å². The van der Waals surface area contributed by atoms with Crippen LogP contribution < -0.4 is 16.4 Å². The Morgan fingerprint density at radius 1 is 1.00 bits per heavy atom. The number of halogens is 2. The van der Waals surface area contributed by atoms with Gasteiger partial charge in [-0.25, -0.2) is 23.7 Å². The maximum absolute atomic E-state index is 14.2. The average molecular weight is 488 g/mol. The lowest BCUT2D eigenvalue weighted by atomic mass is 9.86. The molecule has 184 valence electrons. The van der Waals surface area contributed by atoms with Crippen LogP contribution in [-0.2, 0) is 0 Å². The molecule has 1 aliphatic heterocycles. The first-order valence-electron chi connectivity index (χ1n) is 12.4. The predicted molar refractivity (Wildman–Crippen MR) is 135 cm³/mol. The van der Waals surface area contributed by atoms with Crippen LogP contribution in [0.1, 0.15) is 48.9 Å². The van der Waals surface area contributed by atoms with Gasteiger partial charge in [0.25, 0.3) is 0 Å². The summed E-state index contributed by atoms with van der Waals surface area (Å²) in [4.78, 5) is 18.6. The fourth-order valence-corrected chi connectivity index (χ4v) is 5.02. The van der Waals surface area contributed by atoms with Gasteiger partial charge in [-0.3, -0.25) is 4.98 Å². The number of para-hydroxylation sites is 1. The molecule has 7 nitrogen and oxygen atoms in total. The van der Waals surface area contributed by atoms with Crippen molar-refractivity contribution in [2.75, 3.05) is 18.4 Å². The van der Waals surface area contributed by atoms with Crippen LogP contribution in [0.4, 0.5) is 20.3 Å². The highest BCUT2D eigenvalue weighted by Crippen LogP contribution is 2.44. The van der Waals surface area contributed by atoms with Crippen molar-refractivity contribution in [3.05, 3.63) is 71.8 Å². The second kappa shape index (κ2) is 9.48. The number of benzene rings is 1. The summed E-state index contributed by atoms with van der Waals surface area (Å²) < 4.78 is 28.4. The van der Waals surface area contributed by atoms with Crippen molar-refractivity contribution < 1.29 is 8.78 Å². The number of nitrogens with one attached hydrogen (secondary N) is 2. The van der Waals surface area contributed by atoms with Crippen LogP contribution >= 0.6 is 0 Å². The molecule has 1 saturated carbocycles. The molecule has 3 aromatic heterocycles. The van der Waals surface area contributed by atoms with Crippen LogP contribution in [0.3, 0.4) is 0 Å². The lowest BCUT2D eigenvalue weighted by molar-refractivity contribution is 0.319.